The molecular formula is C22H42O6Si2. The summed E-state index contributed by atoms with van der Waals surface area (Å²) in [6, 6.07) is 5.28. The van der Waals surface area contributed by atoms with E-state index in [0.717, 1.165) is 19.3 Å². The molecule has 0 aliphatic carbocycles. The van der Waals surface area contributed by atoms with E-state index < -0.39 is 17.6 Å². The summed E-state index contributed by atoms with van der Waals surface area (Å²) in [6.45, 7) is 2.54. The van der Waals surface area contributed by atoms with Crippen molar-refractivity contribution in [2.45, 2.75) is 96.8 Å². The van der Waals surface area contributed by atoms with Gasteiger partial charge in [-0.2, -0.15) is 0 Å². The van der Waals surface area contributed by atoms with Gasteiger partial charge in [-0.05, 0) is 6.42 Å². The van der Waals surface area contributed by atoms with Crippen LogP contribution >= 0.6 is 0 Å². The third-order valence-electron chi connectivity index (χ3n) is 5.45. The maximum Gasteiger partial charge on any atom is 0.531 e. The molecule has 30 heavy (non-hydrogen) atoms. The number of hydrogen-bond donors (Lipinski definition) is 5. The van der Waals surface area contributed by atoms with Crippen LogP contribution in [0.2, 0.25) is 0 Å². The van der Waals surface area contributed by atoms with Crippen molar-refractivity contribution < 1.29 is 28.4 Å². The Bertz CT molecular complexity index is 546. The van der Waals surface area contributed by atoms with Gasteiger partial charge in [-0.15, -0.1) is 0 Å². The molecule has 0 aromatic heterocycles. The van der Waals surface area contributed by atoms with Crippen molar-refractivity contribution in [2.24, 2.45) is 0 Å². The van der Waals surface area contributed by atoms with Crippen LogP contribution < -0.4 is 10.4 Å². The minimum absolute atomic E-state index is 0.0111. The predicted molar refractivity (Wildman–Crippen MR) is 125 cm³/mol. The van der Waals surface area contributed by atoms with E-state index in [4.69, 9.17) is 4.43 Å². The number of hydrogen-bond acceptors (Lipinski definition) is 6. The Labute approximate surface area is 184 Å². The van der Waals surface area contributed by atoms with E-state index in [-0.39, 0.29) is 17.0 Å². The molecule has 0 fully saturated rings. The lowest BCUT2D eigenvalue weighted by atomic mass is 10.0. The molecule has 0 atom stereocenters. The molecule has 0 saturated carbocycles. The molecule has 0 unspecified atom stereocenters. The first-order chi connectivity index (χ1) is 14.3. The van der Waals surface area contributed by atoms with Crippen molar-refractivity contribution >= 4 is 28.0 Å². The molecule has 0 heterocycles. The minimum atomic E-state index is -4.37. The van der Waals surface area contributed by atoms with Crippen LogP contribution in [-0.2, 0) is 4.43 Å². The highest BCUT2D eigenvalue weighted by molar-refractivity contribution is 6.74. The standard InChI is InChI=1S/C22H42O6Si2/c1-2-3-4-5-6-7-8-9-10-11-12-13-14-15-20-28-30(26,27)22-18-16-21(17-19-22)29(23,24)25/h16-19,23-27H,2-15,20H2,1H3. The minimum Gasteiger partial charge on any atom is -0.386 e. The summed E-state index contributed by atoms with van der Waals surface area (Å²) in [5.41, 5.74) is 0. The third kappa shape index (κ3) is 12.3. The Morgan fingerprint density at radius 2 is 0.933 bits per heavy atom. The van der Waals surface area contributed by atoms with Crippen LogP contribution in [0.15, 0.2) is 24.3 Å². The lowest BCUT2D eigenvalue weighted by molar-refractivity contribution is 0.160. The van der Waals surface area contributed by atoms with Crippen molar-refractivity contribution in [1.82, 2.24) is 0 Å². The SMILES string of the molecule is CCCCCCCCCCCCCCCCO[Si](O)(O)c1ccc([Si](O)(O)O)cc1. The van der Waals surface area contributed by atoms with Crippen LogP contribution in [0, 0.1) is 0 Å². The monoisotopic (exact) mass is 458 g/mol. The van der Waals surface area contributed by atoms with E-state index in [0.29, 0.717) is 0 Å². The molecule has 0 aliphatic heterocycles. The van der Waals surface area contributed by atoms with Crippen LogP contribution in [0.25, 0.3) is 0 Å². The third-order valence-corrected chi connectivity index (χ3v) is 8.25. The molecule has 0 saturated heterocycles. The molecule has 174 valence electrons. The Balaban J connectivity index is 2.02. The van der Waals surface area contributed by atoms with Crippen LogP contribution in [0.4, 0.5) is 0 Å². The van der Waals surface area contributed by atoms with Crippen LogP contribution in [-0.4, -0.2) is 48.2 Å². The number of rotatable bonds is 18. The summed E-state index contributed by atoms with van der Waals surface area (Å²) in [5.74, 6) is 0. The van der Waals surface area contributed by atoms with E-state index in [1.54, 1.807) is 0 Å². The summed E-state index contributed by atoms with van der Waals surface area (Å²) in [4.78, 5) is 48.1. The number of benzene rings is 1. The molecule has 5 N–H and O–H groups in total. The fraction of sp³-hybridized carbons (Fsp3) is 0.727. The normalized spacial score (nSPS) is 12.5. The molecule has 1 rings (SSSR count). The molecule has 0 spiro atoms. The molecular weight excluding hydrogens is 416 g/mol. The van der Waals surface area contributed by atoms with Gasteiger partial charge in [0.1, 0.15) is 0 Å². The van der Waals surface area contributed by atoms with E-state index in [1.807, 2.05) is 0 Å². The van der Waals surface area contributed by atoms with Gasteiger partial charge in [0.2, 0.25) is 0 Å². The smallest absolute Gasteiger partial charge is 0.386 e. The highest BCUT2D eigenvalue weighted by atomic mass is 28.4. The van der Waals surface area contributed by atoms with E-state index in [1.165, 1.54) is 94.9 Å². The van der Waals surface area contributed by atoms with E-state index >= 15 is 0 Å². The van der Waals surface area contributed by atoms with Gasteiger partial charge in [0, 0.05) is 17.0 Å². The molecule has 1 aromatic rings. The lowest BCUT2D eigenvalue weighted by Crippen LogP contribution is -2.54. The summed E-state index contributed by atoms with van der Waals surface area (Å²) < 4.78 is 5.32. The van der Waals surface area contributed by atoms with Crippen LogP contribution in [0.5, 0.6) is 0 Å². The number of unbranched alkanes of at least 4 members (excludes halogenated alkanes) is 13. The molecule has 6 nitrogen and oxygen atoms in total. The topological polar surface area (TPSA) is 110 Å². The van der Waals surface area contributed by atoms with Gasteiger partial charge in [0.05, 0.1) is 0 Å². The maximum absolute atomic E-state index is 10.2. The summed E-state index contributed by atoms with van der Waals surface area (Å²) in [6.07, 6.45) is 17.7. The molecule has 0 amide bonds. The van der Waals surface area contributed by atoms with Gasteiger partial charge >= 0.3 is 17.6 Å². The molecule has 0 radical (unpaired) electrons. The summed E-state index contributed by atoms with van der Waals surface area (Å²) >= 11 is 0. The zero-order valence-electron chi connectivity index (χ0n) is 18.6. The van der Waals surface area contributed by atoms with Gasteiger partial charge in [-0.1, -0.05) is 115 Å². The van der Waals surface area contributed by atoms with Crippen molar-refractivity contribution in [1.29, 1.82) is 0 Å². The summed E-state index contributed by atoms with van der Waals surface area (Å²) in [7, 11) is -8.36. The Hall–Kier alpha value is -0.586. The van der Waals surface area contributed by atoms with Crippen molar-refractivity contribution in [2.75, 3.05) is 6.61 Å². The molecule has 1 aromatic carbocycles. The van der Waals surface area contributed by atoms with Crippen molar-refractivity contribution in [3.8, 4) is 0 Å². The van der Waals surface area contributed by atoms with Gasteiger partial charge < -0.3 is 28.4 Å². The highest BCUT2D eigenvalue weighted by Crippen LogP contribution is 2.13. The Morgan fingerprint density at radius 3 is 1.33 bits per heavy atom. The molecule has 8 heteroatoms. The fourth-order valence-electron chi connectivity index (χ4n) is 3.51. The summed E-state index contributed by atoms with van der Waals surface area (Å²) in [5, 5.41) is 0.206. The average Bonchev–Trinajstić information content (AvgIpc) is 2.70. The maximum atomic E-state index is 10.2. The first-order valence-corrected chi connectivity index (χ1v) is 15.3. The second kappa shape index (κ2) is 15.3. The second-order valence-electron chi connectivity index (χ2n) is 8.27. The first kappa shape index (κ1) is 27.4. The van der Waals surface area contributed by atoms with Gasteiger partial charge in [0.15, 0.2) is 0 Å². The largest absolute Gasteiger partial charge is 0.531 e. The zero-order chi connectivity index (χ0) is 22.3. The van der Waals surface area contributed by atoms with E-state index in [9.17, 15) is 24.0 Å². The van der Waals surface area contributed by atoms with Crippen molar-refractivity contribution in [3.63, 3.8) is 0 Å². The lowest BCUT2D eigenvalue weighted by Gasteiger charge is -2.19. The molecule has 0 aliphatic rings. The van der Waals surface area contributed by atoms with Crippen LogP contribution in [0.3, 0.4) is 0 Å². The molecule has 0 bridgehead atoms. The first-order valence-electron chi connectivity index (χ1n) is 11.6. The fourth-order valence-corrected chi connectivity index (χ4v) is 5.32. The van der Waals surface area contributed by atoms with Gasteiger partial charge in [-0.3, -0.25) is 0 Å². The average molecular weight is 459 g/mol. The second-order valence-corrected chi connectivity index (χ2v) is 12.2. The quantitative estimate of drug-likeness (QED) is 0.171. The Kier molecular flexibility index (Phi) is 14.0. The van der Waals surface area contributed by atoms with Crippen LogP contribution in [0.1, 0.15) is 96.8 Å². The predicted octanol–water partition coefficient (Wildman–Crippen LogP) is 2.44. The van der Waals surface area contributed by atoms with Crippen molar-refractivity contribution in [3.05, 3.63) is 24.3 Å². The Morgan fingerprint density at radius 1 is 0.567 bits per heavy atom. The zero-order valence-corrected chi connectivity index (χ0v) is 20.6. The highest BCUT2D eigenvalue weighted by Gasteiger charge is 2.37. The van der Waals surface area contributed by atoms with Gasteiger partial charge in [0.25, 0.3) is 0 Å². The van der Waals surface area contributed by atoms with E-state index in [2.05, 4.69) is 6.92 Å². The van der Waals surface area contributed by atoms with Gasteiger partial charge in [-0.25, -0.2) is 0 Å².